The molecule has 0 amide bonds. The predicted molar refractivity (Wildman–Crippen MR) is 162 cm³/mol. The molecule has 9 heteroatoms. The van der Waals surface area contributed by atoms with Gasteiger partial charge in [-0.25, -0.2) is 0 Å². The number of azo groups is 1. The first-order valence-electron chi connectivity index (χ1n) is 13.7. The topological polar surface area (TPSA) is 121 Å². The first-order chi connectivity index (χ1) is 20.0. The summed E-state index contributed by atoms with van der Waals surface area (Å²) in [5, 5.41) is 38.3. The second-order valence-corrected chi connectivity index (χ2v) is 10.7. The van der Waals surface area contributed by atoms with Crippen molar-refractivity contribution >= 4 is 33.8 Å². The van der Waals surface area contributed by atoms with Crippen molar-refractivity contribution < 1.29 is 9.47 Å². The van der Waals surface area contributed by atoms with E-state index >= 15 is 0 Å². The van der Waals surface area contributed by atoms with Crippen LogP contribution in [0.4, 0.5) is 16.4 Å². The maximum atomic E-state index is 10.2. The molecule has 1 aromatic heterocycles. The minimum absolute atomic E-state index is 0.0595. The number of nitriles is 3. The summed E-state index contributed by atoms with van der Waals surface area (Å²) in [6.07, 6.45) is 5.19. The average Bonchev–Trinajstić information content (AvgIpc) is 3.76. The third-order valence-electron chi connectivity index (χ3n) is 6.73. The van der Waals surface area contributed by atoms with Gasteiger partial charge in [-0.2, -0.15) is 15.8 Å². The molecule has 2 aromatic carbocycles. The second kappa shape index (κ2) is 14.2. The van der Waals surface area contributed by atoms with Crippen LogP contribution >= 0.6 is 11.3 Å². The average molecular weight is 565 g/mol. The zero-order valence-electron chi connectivity index (χ0n) is 23.6. The molecule has 1 atom stereocenters. The number of aryl methyl sites for hydroxylation is 1. The summed E-state index contributed by atoms with van der Waals surface area (Å²) in [6, 6.07) is 19.6. The number of unbranched alkanes of at least 4 members (excludes halogenated alkanes) is 2. The van der Waals surface area contributed by atoms with Crippen molar-refractivity contribution in [2.45, 2.75) is 46.1 Å². The molecule has 8 nitrogen and oxygen atoms in total. The van der Waals surface area contributed by atoms with Crippen LogP contribution in [0.25, 0.3) is 17.2 Å². The number of hydrogen-bond donors (Lipinski definition) is 0. The van der Waals surface area contributed by atoms with Gasteiger partial charge in [0.05, 0.1) is 17.9 Å². The highest BCUT2D eigenvalue weighted by Crippen LogP contribution is 2.44. The highest BCUT2D eigenvalue weighted by atomic mass is 32.1. The number of rotatable bonds is 13. The molecule has 0 bridgehead atoms. The van der Waals surface area contributed by atoms with Gasteiger partial charge in [-0.05, 0) is 67.8 Å². The van der Waals surface area contributed by atoms with Gasteiger partial charge >= 0.3 is 0 Å². The molecule has 0 N–H and O–H groups in total. The van der Waals surface area contributed by atoms with Crippen molar-refractivity contribution in [3.63, 3.8) is 0 Å². The van der Waals surface area contributed by atoms with Crippen LogP contribution in [0.1, 0.15) is 49.1 Å². The zero-order chi connectivity index (χ0) is 29.2. The maximum Gasteiger partial charge on any atom is 0.157 e. The number of thiophene rings is 1. The van der Waals surface area contributed by atoms with Gasteiger partial charge < -0.3 is 14.4 Å². The largest absolute Gasteiger partial charge is 0.491 e. The molecule has 2 heterocycles. The Morgan fingerprint density at radius 3 is 2.46 bits per heavy atom. The predicted octanol–water partition coefficient (Wildman–Crippen LogP) is 8.24. The van der Waals surface area contributed by atoms with Crippen LogP contribution in [-0.2, 0) is 4.74 Å². The van der Waals surface area contributed by atoms with E-state index in [9.17, 15) is 15.8 Å². The van der Waals surface area contributed by atoms with Crippen molar-refractivity contribution in [3.05, 3.63) is 64.0 Å². The van der Waals surface area contributed by atoms with Gasteiger partial charge in [-0.1, -0.05) is 31.9 Å². The fourth-order valence-electron chi connectivity index (χ4n) is 4.36. The highest BCUT2D eigenvalue weighted by Gasteiger charge is 2.23. The van der Waals surface area contributed by atoms with E-state index in [-0.39, 0.29) is 11.7 Å². The van der Waals surface area contributed by atoms with E-state index in [0.29, 0.717) is 45.7 Å². The minimum Gasteiger partial charge on any atom is -0.491 e. The lowest BCUT2D eigenvalue weighted by atomic mass is 10.0. The van der Waals surface area contributed by atoms with Gasteiger partial charge in [0.25, 0.3) is 0 Å². The van der Waals surface area contributed by atoms with Gasteiger partial charge in [0.1, 0.15) is 42.2 Å². The third-order valence-corrected chi connectivity index (χ3v) is 7.75. The van der Waals surface area contributed by atoms with Gasteiger partial charge in [-0.15, -0.1) is 21.6 Å². The molecule has 4 rings (SSSR count). The molecule has 41 heavy (non-hydrogen) atoms. The monoisotopic (exact) mass is 564 g/mol. The SMILES string of the molecule is CCCCCN(CC)c1ccc(N=Nc2sc(C=C(C#N)C#N)c(-c3ccc(OC[C@@H]4CO4)cc3)c2C#N)c(C)c1. The Hall–Kier alpha value is -4.49. The number of nitrogens with zero attached hydrogens (tertiary/aromatic N) is 6. The molecule has 1 fully saturated rings. The number of benzene rings is 2. The first kappa shape index (κ1) is 29.5. The van der Waals surface area contributed by atoms with Crippen molar-refractivity contribution in [1.29, 1.82) is 15.8 Å². The Morgan fingerprint density at radius 1 is 1.10 bits per heavy atom. The van der Waals surface area contributed by atoms with E-state index in [2.05, 4.69) is 47.2 Å². The minimum atomic E-state index is -0.0595. The Balaban J connectivity index is 1.66. The van der Waals surface area contributed by atoms with E-state index in [1.165, 1.54) is 30.3 Å². The molecule has 1 aliphatic rings. The molecule has 0 unspecified atom stereocenters. The lowest BCUT2D eigenvalue weighted by Crippen LogP contribution is -2.23. The smallest absolute Gasteiger partial charge is 0.157 e. The quantitative estimate of drug-likeness (QED) is 0.0892. The van der Waals surface area contributed by atoms with Crippen LogP contribution in [0.3, 0.4) is 0 Å². The fourth-order valence-corrected chi connectivity index (χ4v) is 5.40. The number of epoxide rings is 1. The molecule has 1 aliphatic heterocycles. The summed E-state index contributed by atoms with van der Waals surface area (Å²) >= 11 is 1.22. The Bertz CT molecular complexity index is 1530. The van der Waals surface area contributed by atoms with Crippen LogP contribution in [0.15, 0.2) is 58.3 Å². The molecule has 0 aliphatic carbocycles. The third kappa shape index (κ3) is 7.58. The lowest BCUT2D eigenvalue weighted by Gasteiger charge is -2.23. The summed E-state index contributed by atoms with van der Waals surface area (Å²) in [5.74, 6) is 0.690. The molecule has 0 spiro atoms. The molecule has 1 saturated heterocycles. The fraction of sp³-hybridized carbons (Fsp3) is 0.344. The lowest BCUT2D eigenvalue weighted by molar-refractivity contribution is 0.263. The number of hydrogen-bond acceptors (Lipinski definition) is 9. The highest BCUT2D eigenvalue weighted by molar-refractivity contribution is 7.17. The Morgan fingerprint density at radius 2 is 1.85 bits per heavy atom. The summed E-state index contributed by atoms with van der Waals surface area (Å²) < 4.78 is 10.9. The molecule has 0 radical (unpaired) electrons. The molecular weight excluding hydrogens is 532 g/mol. The van der Waals surface area contributed by atoms with E-state index in [4.69, 9.17) is 9.47 Å². The van der Waals surface area contributed by atoms with E-state index in [1.807, 2.05) is 49.4 Å². The molecule has 0 saturated carbocycles. The summed E-state index contributed by atoms with van der Waals surface area (Å²) in [6.45, 7) is 9.51. The number of ether oxygens (including phenoxy) is 2. The zero-order valence-corrected chi connectivity index (χ0v) is 24.4. The second-order valence-electron chi connectivity index (χ2n) is 9.66. The van der Waals surface area contributed by atoms with Crippen LogP contribution < -0.4 is 9.64 Å². The van der Waals surface area contributed by atoms with E-state index in [0.717, 1.165) is 36.3 Å². The van der Waals surface area contributed by atoms with Gasteiger partial charge in [0, 0.05) is 29.2 Å². The normalized spacial score (nSPS) is 13.7. The number of anilines is 1. The van der Waals surface area contributed by atoms with Gasteiger partial charge in [0.2, 0.25) is 0 Å². The van der Waals surface area contributed by atoms with E-state index < -0.39 is 0 Å². The van der Waals surface area contributed by atoms with Crippen LogP contribution in [0, 0.1) is 40.9 Å². The van der Waals surface area contributed by atoms with Crippen LogP contribution in [0.5, 0.6) is 5.75 Å². The van der Waals surface area contributed by atoms with Crippen molar-refractivity contribution in [2.24, 2.45) is 10.2 Å². The molecular formula is C32H32N6O2S. The van der Waals surface area contributed by atoms with Gasteiger partial charge in [-0.3, -0.25) is 0 Å². The van der Waals surface area contributed by atoms with Crippen LogP contribution in [0.2, 0.25) is 0 Å². The molecule has 3 aromatic rings. The summed E-state index contributed by atoms with van der Waals surface area (Å²) in [7, 11) is 0. The van der Waals surface area contributed by atoms with Gasteiger partial charge in [0.15, 0.2) is 5.00 Å². The van der Waals surface area contributed by atoms with Crippen molar-refractivity contribution in [2.75, 3.05) is 31.2 Å². The Kier molecular flexibility index (Phi) is 10.2. The maximum absolute atomic E-state index is 10.2. The molecule has 208 valence electrons. The van der Waals surface area contributed by atoms with Crippen LogP contribution in [-0.4, -0.2) is 32.4 Å². The van der Waals surface area contributed by atoms with Crippen molar-refractivity contribution in [1.82, 2.24) is 0 Å². The first-order valence-corrected chi connectivity index (χ1v) is 14.5. The van der Waals surface area contributed by atoms with Crippen molar-refractivity contribution in [3.8, 4) is 35.1 Å². The standard InChI is InChI=1S/C32H32N6O2S/c1-4-6-7-14-38(5-2)25-10-13-29(22(3)15-25)36-37-32-28(19-35)31(30(41-32)16-23(17-33)18-34)24-8-11-26(12-9-24)39-20-27-21-40-27/h8-13,15-16,27H,4-7,14,20-21H2,1-3H3/t27-/m1/s1. The number of allylic oxidation sites excluding steroid dienone is 1. The van der Waals surface area contributed by atoms with E-state index in [1.54, 1.807) is 0 Å². The Labute approximate surface area is 245 Å². The summed E-state index contributed by atoms with van der Waals surface area (Å²) in [4.78, 5) is 2.95. The summed E-state index contributed by atoms with van der Waals surface area (Å²) in [5.41, 5.74) is 4.48.